The molecular formula is C30H33NO2. The molecule has 0 saturated carbocycles. The Hall–Kier alpha value is -3.38. The minimum atomic E-state index is -0.204. The van der Waals surface area contributed by atoms with Crippen molar-refractivity contribution in [3.8, 4) is 22.9 Å². The van der Waals surface area contributed by atoms with E-state index in [4.69, 9.17) is 10.00 Å². The molecular weight excluding hydrogens is 406 g/mol. The maximum absolute atomic E-state index is 12.2. The van der Waals surface area contributed by atoms with Gasteiger partial charge in [0, 0.05) is 6.42 Å². The smallest absolute Gasteiger partial charge is 0.311 e. The fourth-order valence-electron chi connectivity index (χ4n) is 3.88. The number of unbranched alkanes of at least 4 members (excludes halogenated alkanes) is 4. The third kappa shape index (κ3) is 8.24. The summed E-state index contributed by atoms with van der Waals surface area (Å²) < 4.78 is 5.49. The van der Waals surface area contributed by atoms with Crippen molar-refractivity contribution in [1.82, 2.24) is 0 Å². The molecule has 3 rings (SSSR count). The third-order valence-corrected chi connectivity index (χ3v) is 5.87. The summed E-state index contributed by atoms with van der Waals surface area (Å²) in [6, 6.07) is 25.9. The summed E-state index contributed by atoms with van der Waals surface area (Å²) in [5.74, 6) is 0.352. The molecule has 0 heterocycles. The van der Waals surface area contributed by atoms with Crippen LogP contribution in [0.25, 0.3) is 11.1 Å². The number of benzene rings is 3. The van der Waals surface area contributed by atoms with Crippen LogP contribution in [0, 0.1) is 11.3 Å². The maximum Gasteiger partial charge on any atom is 0.311 e. The molecule has 0 aliphatic heterocycles. The van der Waals surface area contributed by atoms with Crippen LogP contribution in [0.2, 0.25) is 0 Å². The van der Waals surface area contributed by atoms with Crippen molar-refractivity contribution in [2.24, 2.45) is 0 Å². The van der Waals surface area contributed by atoms with Crippen LogP contribution in [0.15, 0.2) is 72.8 Å². The minimum Gasteiger partial charge on any atom is -0.427 e. The molecule has 3 aromatic carbocycles. The monoisotopic (exact) mass is 439 g/mol. The second kappa shape index (κ2) is 13.2. The first-order valence-electron chi connectivity index (χ1n) is 12.1. The van der Waals surface area contributed by atoms with Gasteiger partial charge in [-0.05, 0) is 72.2 Å². The van der Waals surface area contributed by atoms with Gasteiger partial charge in [0.25, 0.3) is 0 Å². The highest BCUT2D eigenvalue weighted by atomic mass is 16.5. The molecule has 0 spiro atoms. The van der Waals surface area contributed by atoms with Crippen LogP contribution >= 0.6 is 0 Å². The minimum absolute atomic E-state index is 0.204. The first-order chi connectivity index (χ1) is 16.2. The van der Waals surface area contributed by atoms with Crippen molar-refractivity contribution in [1.29, 1.82) is 5.26 Å². The van der Waals surface area contributed by atoms with E-state index in [0.29, 0.717) is 17.7 Å². The zero-order valence-electron chi connectivity index (χ0n) is 19.6. The Kier molecular flexibility index (Phi) is 9.73. The van der Waals surface area contributed by atoms with E-state index < -0.39 is 0 Å². The number of nitriles is 1. The van der Waals surface area contributed by atoms with Gasteiger partial charge in [-0.1, -0.05) is 81.1 Å². The molecule has 0 unspecified atom stereocenters. The van der Waals surface area contributed by atoms with Crippen molar-refractivity contribution in [3.63, 3.8) is 0 Å². The summed E-state index contributed by atoms with van der Waals surface area (Å²) in [6.07, 6.45) is 9.75. The number of carbonyl (C=O) groups is 1. The van der Waals surface area contributed by atoms with Gasteiger partial charge in [0.2, 0.25) is 0 Å². The number of nitrogens with zero attached hydrogens (tertiary/aromatic N) is 1. The van der Waals surface area contributed by atoms with Crippen LogP contribution in [0.3, 0.4) is 0 Å². The first-order valence-corrected chi connectivity index (χ1v) is 12.1. The van der Waals surface area contributed by atoms with Crippen LogP contribution in [-0.2, 0) is 17.6 Å². The molecule has 0 radical (unpaired) electrons. The molecule has 0 bridgehead atoms. The number of aryl methyl sites for hydroxylation is 2. The summed E-state index contributed by atoms with van der Waals surface area (Å²) in [5.41, 5.74) is 5.35. The fraction of sp³-hybridized carbons (Fsp3) is 0.333. The highest BCUT2D eigenvalue weighted by Gasteiger charge is 2.06. The molecule has 0 N–H and O–H groups in total. The summed E-state index contributed by atoms with van der Waals surface area (Å²) in [7, 11) is 0. The third-order valence-electron chi connectivity index (χ3n) is 5.87. The Morgan fingerprint density at radius 3 is 1.85 bits per heavy atom. The highest BCUT2D eigenvalue weighted by molar-refractivity contribution is 5.73. The van der Waals surface area contributed by atoms with Crippen molar-refractivity contribution in [2.75, 3.05) is 0 Å². The number of hydrogen-bond acceptors (Lipinski definition) is 3. The van der Waals surface area contributed by atoms with E-state index in [0.717, 1.165) is 30.4 Å². The van der Waals surface area contributed by atoms with E-state index in [1.165, 1.54) is 43.2 Å². The van der Waals surface area contributed by atoms with Gasteiger partial charge in [0.15, 0.2) is 0 Å². The summed E-state index contributed by atoms with van der Waals surface area (Å²) >= 11 is 0. The molecule has 0 aliphatic carbocycles. The van der Waals surface area contributed by atoms with Gasteiger partial charge in [-0.15, -0.1) is 0 Å². The summed E-state index contributed by atoms with van der Waals surface area (Å²) in [6.45, 7) is 2.25. The predicted molar refractivity (Wildman–Crippen MR) is 134 cm³/mol. The average molecular weight is 440 g/mol. The van der Waals surface area contributed by atoms with Crippen LogP contribution in [0.1, 0.15) is 68.6 Å². The Balaban J connectivity index is 1.38. The number of rotatable bonds is 12. The lowest BCUT2D eigenvalue weighted by atomic mass is 10.0. The molecule has 3 nitrogen and oxygen atoms in total. The second-order valence-corrected chi connectivity index (χ2v) is 8.52. The first kappa shape index (κ1) is 24.3. The lowest BCUT2D eigenvalue weighted by Crippen LogP contribution is -2.08. The topological polar surface area (TPSA) is 50.1 Å². The van der Waals surface area contributed by atoms with Gasteiger partial charge in [-0.3, -0.25) is 4.79 Å². The van der Waals surface area contributed by atoms with Crippen LogP contribution in [0.5, 0.6) is 5.75 Å². The highest BCUT2D eigenvalue weighted by Crippen LogP contribution is 2.23. The van der Waals surface area contributed by atoms with E-state index >= 15 is 0 Å². The number of ether oxygens (including phenoxy) is 1. The quantitative estimate of drug-likeness (QED) is 0.165. The fourth-order valence-corrected chi connectivity index (χ4v) is 3.88. The molecule has 0 atom stereocenters. The van der Waals surface area contributed by atoms with Crippen molar-refractivity contribution in [2.45, 2.75) is 64.7 Å². The van der Waals surface area contributed by atoms with E-state index in [9.17, 15) is 4.79 Å². The van der Waals surface area contributed by atoms with Gasteiger partial charge in [-0.2, -0.15) is 5.26 Å². The predicted octanol–water partition coefficient (Wildman–Crippen LogP) is 7.67. The van der Waals surface area contributed by atoms with Gasteiger partial charge >= 0.3 is 5.97 Å². The number of esters is 1. The molecule has 33 heavy (non-hydrogen) atoms. The SMILES string of the molecule is CCCCCCCc1ccc(CCCC(=O)Oc2ccc(-c3ccc(C#N)cc3)cc2)cc1. The average Bonchev–Trinajstić information content (AvgIpc) is 2.85. The van der Waals surface area contributed by atoms with Crippen LogP contribution in [0.4, 0.5) is 0 Å². The van der Waals surface area contributed by atoms with Crippen LogP contribution < -0.4 is 4.74 Å². The molecule has 0 saturated heterocycles. The van der Waals surface area contributed by atoms with Gasteiger partial charge in [0.1, 0.15) is 5.75 Å². The van der Waals surface area contributed by atoms with E-state index in [2.05, 4.69) is 37.3 Å². The Bertz CT molecular complexity index is 1030. The zero-order valence-corrected chi connectivity index (χ0v) is 19.6. The largest absolute Gasteiger partial charge is 0.427 e. The molecule has 3 aromatic rings. The van der Waals surface area contributed by atoms with Crippen molar-refractivity contribution >= 4 is 5.97 Å². The number of carbonyl (C=O) groups excluding carboxylic acids is 1. The van der Waals surface area contributed by atoms with Crippen molar-refractivity contribution < 1.29 is 9.53 Å². The van der Waals surface area contributed by atoms with Gasteiger partial charge in [-0.25, -0.2) is 0 Å². The van der Waals surface area contributed by atoms with Gasteiger partial charge < -0.3 is 4.74 Å². The molecule has 3 heteroatoms. The molecule has 0 aromatic heterocycles. The van der Waals surface area contributed by atoms with Crippen LogP contribution in [-0.4, -0.2) is 5.97 Å². The van der Waals surface area contributed by atoms with E-state index in [1.807, 2.05) is 36.4 Å². The maximum atomic E-state index is 12.2. The number of hydrogen-bond donors (Lipinski definition) is 0. The summed E-state index contributed by atoms with van der Waals surface area (Å²) in [4.78, 5) is 12.2. The lowest BCUT2D eigenvalue weighted by Gasteiger charge is -2.07. The van der Waals surface area contributed by atoms with E-state index in [1.54, 1.807) is 12.1 Å². The normalized spacial score (nSPS) is 10.5. The van der Waals surface area contributed by atoms with Gasteiger partial charge in [0.05, 0.1) is 11.6 Å². The summed E-state index contributed by atoms with van der Waals surface area (Å²) in [5, 5.41) is 8.91. The lowest BCUT2D eigenvalue weighted by molar-refractivity contribution is -0.134. The zero-order chi connectivity index (χ0) is 23.3. The molecule has 170 valence electrons. The van der Waals surface area contributed by atoms with E-state index in [-0.39, 0.29) is 5.97 Å². The Morgan fingerprint density at radius 1 is 0.727 bits per heavy atom. The molecule has 0 aliphatic rings. The Labute approximate surface area is 198 Å². The Morgan fingerprint density at radius 2 is 1.27 bits per heavy atom. The second-order valence-electron chi connectivity index (χ2n) is 8.52. The molecule has 0 fully saturated rings. The standard InChI is InChI=1S/C30H33NO2/c1-2-3-4-5-6-8-24-11-13-25(14-12-24)9-7-10-30(32)33-29-21-19-28(20-22-29)27-17-15-26(23-31)16-18-27/h11-22H,2-10H2,1H3. The van der Waals surface area contributed by atoms with Crippen molar-refractivity contribution in [3.05, 3.63) is 89.5 Å². The molecule has 0 amide bonds.